The molecular formula is C26H32Cl2N8O2. The monoisotopic (exact) mass is 558 g/mol. The number of carbonyl (C=O) groups excluding carboxylic acids is 2. The Morgan fingerprint density at radius 2 is 1.89 bits per heavy atom. The van der Waals surface area contributed by atoms with Crippen LogP contribution >= 0.6 is 23.2 Å². The number of nitrogens with one attached hydrogen (secondary N) is 1. The third-order valence-corrected chi connectivity index (χ3v) is 8.30. The highest BCUT2D eigenvalue weighted by atomic mass is 35.5. The molecule has 0 spiro atoms. The van der Waals surface area contributed by atoms with Crippen molar-refractivity contribution in [3.63, 3.8) is 0 Å². The van der Waals surface area contributed by atoms with Crippen LogP contribution in [0.2, 0.25) is 10.2 Å². The third kappa shape index (κ3) is 5.00. The van der Waals surface area contributed by atoms with E-state index >= 15 is 0 Å². The van der Waals surface area contributed by atoms with Gasteiger partial charge in [-0.25, -0.2) is 9.97 Å². The molecule has 5 rings (SSSR count). The normalized spacial score (nSPS) is 20.2. The van der Waals surface area contributed by atoms with E-state index < -0.39 is 5.91 Å². The molecule has 12 heteroatoms. The van der Waals surface area contributed by atoms with Crippen LogP contribution in [-0.2, 0) is 0 Å². The van der Waals surface area contributed by atoms with Gasteiger partial charge in [-0.15, -0.1) is 0 Å². The number of hydrogen-bond donors (Lipinski definition) is 3. The molecule has 2 fully saturated rings. The number of benzene rings is 1. The number of piperazine rings is 1. The first kappa shape index (κ1) is 26.5. The van der Waals surface area contributed by atoms with Crippen molar-refractivity contribution in [2.45, 2.75) is 38.3 Å². The smallest absolute Gasteiger partial charge is 0.271 e. The lowest BCUT2D eigenvalue weighted by molar-refractivity contribution is 0.0491. The van der Waals surface area contributed by atoms with Gasteiger partial charge in [-0.2, -0.15) is 0 Å². The molecule has 1 atom stereocenters. The molecule has 5 N–H and O–H groups in total. The largest absolute Gasteiger partial charge is 0.382 e. The number of nitrogens with zero attached hydrogens (tertiary/aromatic N) is 5. The van der Waals surface area contributed by atoms with Gasteiger partial charge in [0.15, 0.2) is 22.5 Å². The Morgan fingerprint density at radius 1 is 1.13 bits per heavy atom. The van der Waals surface area contributed by atoms with Gasteiger partial charge in [0.25, 0.3) is 11.8 Å². The summed E-state index contributed by atoms with van der Waals surface area (Å²) < 4.78 is 0. The number of aromatic nitrogens is 2. The maximum atomic E-state index is 13.4. The molecule has 1 aromatic heterocycles. The number of nitrogens with two attached hydrogens (primary N) is 2. The second kappa shape index (κ2) is 11.0. The standard InChI is InChI=1S/C26H32Cl2N8O2/c1-2-15-14-35(25-22(28)32-21(24(30)37)23(29)33-25)12-13-36(15)16-7-10-34(11-8-16)26(38)18-5-6-19(27)17-4-3-9-31-20(17)18/h3-6,15-16,31H,2,7-14H2,1H3,(H2,29,33)(H2,30,37). The molecule has 2 aromatic rings. The summed E-state index contributed by atoms with van der Waals surface area (Å²) in [4.78, 5) is 40.0. The zero-order valence-corrected chi connectivity index (χ0v) is 22.8. The van der Waals surface area contributed by atoms with Crippen LogP contribution in [-0.4, -0.2) is 82.9 Å². The molecule has 0 radical (unpaired) electrons. The quantitative estimate of drug-likeness (QED) is 0.509. The first-order valence-electron chi connectivity index (χ1n) is 12.9. The zero-order chi connectivity index (χ0) is 27.0. The highest BCUT2D eigenvalue weighted by Crippen LogP contribution is 2.34. The van der Waals surface area contributed by atoms with Crippen molar-refractivity contribution in [2.75, 3.05) is 55.2 Å². The average Bonchev–Trinajstić information content (AvgIpc) is 2.93. The molecule has 0 aliphatic carbocycles. The Morgan fingerprint density at radius 3 is 2.61 bits per heavy atom. The Labute approximate surface area is 231 Å². The van der Waals surface area contributed by atoms with Crippen LogP contribution in [0.5, 0.6) is 0 Å². The van der Waals surface area contributed by atoms with E-state index in [1.807, 2.05) is 23.1 Å². The highest BCUT2D eigenvalue weighted by Gasteiger charge is 2.35. The molecule has 10 nitrogen and oxygen atoms in total. The molecule has 0 saturated carbocycles. The molecule has 2 amide bonds. The number of halogens is 2. The topological polar surface area (TPSA) is 134 Å². The van der Waals surface area contributed by atoms with E-state index in [2.05, 4.69) is 32.0 Å². The van der Waals surface area contributed by atoms with Crippen LogP contribution in [0.3, 0.4) is 0 Å². The van der Waals surface area contributed by atoms with Gasteiger partial charge in [0.2, 0.25) is 0 Å². The number of amides is 2. The Balaban J connectivity index is 1.24. The minimum Gasteiger partial charge on any atom is -0.382 e. The van der Waals surface area contributed by atoms with Crippen LogP contribution in [0.25, 0.3) is 6.08 Å². The summed E-state index contributed by atoms with van der Waals surface area (Å²) in [5.41, 5.74) is 13.5. The summed E-state index contributed by atoms with van der Waals surface area (Å²) in [6.45, 7) is 6.51. The van der Waals surface area contributed by atoms with Crippen molar-refractivity contribution in [3.05, 3.63) is 45.2 Å². The number of rotatable bonds is 5. The minimum atomic E-state index is -0.756. The fraction of sp³-hybridized carbons (Fsp3) is 0.462. The van der Waals surface area contributed by atoms with E-state index in [4.69, 9.17) is 34.7 Å². The summed E-state index contributed by atoms with van der Waals surface area (Å²) >= 11 is 12.7. The van der Waals surface area contributed by atoms with Crippen molar-refractivity contribution in [2.24, 2.45) is 5.73 Å². The number of piperidine rings is 1. The van der Waals surface area contributed by atoms with Crippen molar-refractivity contribution < 1.29 is 9.59 Å². The molecule has 0 bridgehead atoms. The van der Waals surface area contributed by atoms with Crippen molar-refractivity contribution in [1.82, 2.24) is 19.8 Å². The highest BCUT2D eigenvalue weighted by molar-refractivity contribution is 6.33. The number of hydrogen-bond acceptors (Lipinski definition) is 8. The van der Waals surface area contributed by atoms with Crippen LogP contribution in [0, 0.1) is 0 Å². The van der Waals surface area contributed by atoms with Crippen LogP contribution in [0.15, 0.2) is 18.2 Å². The van der Waals surface area contributed by atoms with Crippen molar-refractivity contribution in [1.29, 1.82) is 0 Å². The maximum Gasteiger partial charge on any atom is 0.271 e. The molecule has 202 valence electrons. The van der Waals surface area contributed by atoms with E-state index in [-0.39, 0.29) is 28.6 Å². The lowest BCUT2D eigenvalue weighted by atomic mass is 9.97. The third-order valence-electron chi connectivity index (χ3n) is 7.72. The number of primary amides is 1. The van der Waals surface area contributed by atoms with Gasteiger partial charge in [0.05, 0.1) is 11.3 Å². The SMILES string of the molecule is CCC1CN(c2nc(N)c(C(N)=O)nc2Cl)CCN1C1CCN(C(=O)c2ccc(Cl)c3c2NCC=C3)CC1. The van der Waals surface area contributed by atoms with Gasteiger partial charge in [-0.3, -0.25) is 14.5 Å². The summed E-state index contributed by atoms with van der Waals surface area (Å²) in [7, 11) is 0. The van der Waals surface area contributed by atoms with E-state index in [1.165, 1.54) is 0 Å². The van der Waals surface area contributed by atoms with Crippen LogP contribution < -0.4 is 21.7 Å². The van der Waals surface area contributed by atoms with Gasteiger partial charge in [-0.1, -0.05) is 42.3 Å². The molecular weight excluding hydrogens is 527 g/mol. The first-order chi connectivity index (χ1) is 18.3. The summed E-state index contributed by atoms with van der Waals surface area (Å²) in [6.07, 6.45) is 6.74. The summed E-state index contributed by atoms with van der Waals surface area (Å²) in [5, 5.41) is 4.08. The maximum absolute atomic E-state index is 13.4. The molecule has 2 saturated heterocycles. The Hall–Kier alpha value is -3.08. The Bertz CT molecular complexity index is 1280. The number of nitrogen functional groups attached to an aromatic ring is 1. The van der Waals surface area contributed by atoms with E-state index in [1.54, 1.807) is 6.07 Å². The molecule has 4 heterocycles. The molecule has 3 aliphatic heterocycles. The predicted molar refractivity (Wildman–Crippen MR) is 151 cm³/mol. The van der Waals surface area contributed by atoms with Gasteiger partial charge in [0, 0.05) is 61.9 Å². The van der Waals surface area contributed by atoms with Crippen molar-refractivity contribution in [3.8, 4) is 0 Å². The Kier molecular flexibility index (Phi) is 7.65. The molecule has 3 aliphatic rings. The van der Waals surface area contributed by atoms with Crippen LogP contribution in [0.1, 0.15) is 52.6 Å². The lowest BCUT2D eigenvalue weighted by Crippen LogP contribution is -2.58. The van der Waals surface area contributed by atoms with Gasteiger partial charge < -0.3 is 26.6 Å². The number of anilines is 3. The molecule has 1 aromatic carbocycles. The zero-order valence-electron chi connectivity index (χ0n) is 21.3. The predicted octanol–water partition coefficient (Wildman–Crippen LogP) is 3.11. The summed E-state index contributed by atoms with van der Waals surface area (Å²) in [6, 6.07) is 4.29. The number of carbonyl (C=O) groups is 2. The fourth-order valence-corrected chi connectivity index (χ4v) is 6.21. The lowest BCUT2D eigenvalue weighted by Gasteiger charge is -2.47. The first-order valence-corrected chi connectivity index (χ1v) is 13.7. The van der Waals surface area contributed by atoms with Gasteiger partial charge in [0.1, 0.15) is 0 Å². The summed E-state index contributed by atoms with van der Waals surface area (Å²) in [5.74, 6) is -0.255. The second-order valence-corrected chi connectivity index (χ2v) is 10.6. The fourth-order valence-electron chi connectivity index (χ4n) is 5.74. The van der Waals surface area contributed by atoms with E-state index in [0.717, 1.165) is 43.6 Å². The second-order valence-electron chi connectivity index (χ2n) is 9.87. The van der Waals surface area contributed by atoms with E-state index in [9.17, 15) is 9.59 Å². The number of fused-ring (bicyclic) bond motifs is 1. The van der Waals surface area contributed by atoms with Gasteiger partial charge >= 0.3 is 0 Å². The van der Waals surface area contributed by atoms with Crippen LogP contribution in [0.4, 0.5) is 17.3 Å². The average molecular weight is 560 g/mol. The minimum absolute atomic E-state index is 0.0161. The van der Waals surface area contributed by atoms with E-state index in [0.29, 0.717) is 48.6 Å². The van der Waals surface area contributed by atoms with Crippen molar-refractivity contribution >= 4 is 58.4 Å². The molecule has 38 heavy (non-hydrogen) atoms. The van der Waals surface area contributed by atoms with Gasteiger partial charge in [-0.05, 0) is 31.4 Å². The number of likely N-dealkylation sites (tertiary alicyclic amines) is 1. The molecule has 1 unspecified atom stereocenters.